The molecule has 2 N–H and O–H groups in total. The Labute approximate surface area is 129 Å². The second kappa shape index (κ2) is 7.07. The highest BCUT2D eigenvalue weighted by molar-refractivity contribution is 9.10. The van der Waals surface area contributed by atoms with Gasteiger partial charge in [0.2, 0.25) is 0 Å². The smallest absolute Gasteiger partial charge is 0.0410 e. The molecule has 4 heteroatoms. The zero-order valence-corrected chi connectivity index (χ0v) is 13.8. The highest BCUT2D eigenvalue weighted by atomic mass is 79.9. The molecular weight excluding hydrogens is 324 g/mol. The molecule has 2 rings (SSSR count). The summed E-state index contributed by atoms with van der Waals surface area (Å²) in [7, 11) is 2.20. The van der Waals surface area contributed by atoms with E-state index in [0.717, 1.165) is 22.6 Å². The molecule has 1 aliphatic carbocycles. The molecule has 106 valence electrons. The van der Waals surface area contributed by atoms with Crippen LogP contribution in [0, 0.1) is 5.92 Å². The minimum absolute atomic E-state index is 0.602. The molecule has 0 bridgehead atoms. The predicted molar refractivity (Wildman–Crippen MR) is 85.4 cm³/mol. The Morgan fingerprint density at radius 2 is 2.11 bits per heavy atom. The van der Waals surface area contributed by atoms with Gasteiger partial charge in [0, 0.05) is 22.1 Å². The zero-order chi connectivity index (χ0) is 13.8. The Bertz CT molecular complexity index is 425. The third-order valence-corrected chi connectivity index (χ3v) is 5.17. The van der Waals surface area contributed by atoms with E-state index in [1.165, 1.54) is 31.2 Å². The summed E-state index contributed by atoms with van der Waals surface area (Å²) in [6.07, 6.45) is 5.17. The first-order valence-corrected chi connectivity index (χ1v) is 8.13. The van der Waals surface area contributed by atoms with Crippen LogP contribution in [0.4, 0.5) is 0 Å². The van der Waals surface area contributed by atoms with Crippen molar-refractivity contribution in [3.8, 4) is 0 Å². The van der Waals surface area contributed by atoms with Crippen LogP contribution in [0.1, 0.15) is 31.2 Å². The van der Waals surface area contributed by atoms with Crippen molar-refractivity contribution in [1.29, 1.82) is 0 Å². The van der Waals surface area contributed by atoms with Gasteiger partial charge in [0.05, 0.1) is 0 Å². The first-order chi connectivity index (χ1) is 9.11. The molecule has 1 fully saturated rings. The maximum atomic E-state index is 6.08. The molecule has 0 saturated heterocycles. The number of hydrogen-bond donors (Lipinski definition) is 1. The van der Waals surface area contributed by atoms with E-state index in [1.54, 1.807) is 0 Å². The van der Waals surface area contributed by atoms with E-state index in [0.29, 0.717) is 12.0 Å². The number of nitrogens with zero attached hydrogens (tertiary/aromatic N) is 1. The van der Waals surface area contributed by atoms with E-state index in [1.807, 2.05) is 18.2 Å². The lowest BCUT2D eigenvalue weighted by Crippen LogP contribution is -2.42. The van der Waals surface area contributed by atoms with Gasteiger partial charge in [0.25, 0.3) is 0 Å². The molecule has 0 amide bonds. The predicted octanol–water partition coefficient (Wildman–Crippen LogP) is 4.05. The van der Waals surface area contributed by atoms with Crippen LogP contribution in [-0.4, -0.2) is 24.5 Å². The Balaban J connectivity index is 2.06. The van der Waals surface area contributed by atoms with Crippen molar-refractivity contribution in [3.63, 3.8) is 0 Å². The molecule has 0 heterocycles. The lowest BCUT2D eigenvalue weighted by atomic mass is 9.83. The second-order valence-electron chi connectivity index (χ2n) is 5.50. The van der Waals surface area contributed by atoms with Crippen molar-refractivity contribution in [1.82, 2.24) is 4.90 Å². The van der Waals surface area contributed by atoms with Gasteiger partial charge in [0.15, 0.2) is 0 Å². The van der Waals surface area contributed by atoms with Crippen LogP contribution >= 0.6 is 27.5 Å². The lowest BCUT2D eigenvalue weighted by molar-refractivity contribution is 0.127. The van der Waals surface area contributed by atoms with Crippen LogP contribution in [0.15, 0.2) is 22.7 Å². The Morgan fingerprint density at radius 3 is 2.84 bits per heavy atom. The van der Waals surface area contributed by atoms with Crippen LogP contribution in [0.5, 0.6) is 0 Å². The Hall–Kier alpha value is -0.0900. The minimum atomic E-state index is 0.602. The molecule has 0 aliphatic heterocycles. The topological polar surface area (TPSA) is 29.3 Å². The van der Waals surface area contributed by atoms with E-state index in [9.17, 15) is 0 Å². The van der Waals surface area contributed by atoms with E-state index in [-0.39, 0.29) is 0 Å². The molecule has 2 nitrogen and oxygen atoms in total. The Morgan fingerprint density at radius 1 is 1.37 bits per heavy atom. The molecule has 2 atom stereocenters. The fraction of sp³-hybridized carbons (Fsp3) is 0.600. The number of nitrogens with two attached hydrogens (primary N) is 1. The number of benzene rings is 1. The number of halogens is 2. The Kier molecular flexibility index (Phi) is 5.70. The molecule has 19 heavy (non-hydrogen) atoms. The molecule has 1 aliphatic rings. The van der Waals surface area contributed by atoms with Gasteiger partial charge in [-0.3, -0.25) is 4.90 Å². The second-order valence-corrected chi connectivity index (χ2v) is 6.79. The number of rotatable bonds is 4. The highest BCUT2D eigenvalue weighted by Crippen LogP contribution is 2.29. The van der Waals surface area contributed by atoms with E-state index in [4.69, 9.17) is 17.3 Å². The summed E-state index contributed by atoms with van der Waals surface area (Å²) < 4.78 is 1.13. The van der Waals surface area contributed by atoms with Gasteiger partial charge in [-0.2, -0.15) is 0 Å². The third kappa shape index (κ3) is 3.94. The summed E-state index contributed by atoms with van der Waals surface area (Å²) in [5, 5.41) is 0.797. The van der Waals surface area contributed by atoms with Crippen LogP contribution in [-0.2, 0) is 6.54 Å². The molecule has 1 aromatic rings. The van der Waals surface area contributed by atoms with Crippen molar-refractivity contribution in [3.05, 3.63) is 33.3 Å². The first-order valence-electron chi connectivity index (χ1n) is 6.96. The summed E-state index contributed by atoms with van der Waals surface area (Å²) >= 11 is 9.69. The van der Waals surface area contributed by atoms with Gasteiger partial charge in [-0.25, -0.2) is 0 Å². The summed E-state index contributed by atoms with van der Waals surface area (Å²) in [5.41, 5.74) is 7.17. The monoisotopic (exact) mass is 344 g/mol. The first kappa shape index (κ1) is 15.3. The fourth-order valence-electron chi connectivity index (χ4n) is 3.09. The van der Waals surface area contributed by atoms with Crippen molar-refractivity contribution < 1.29 is 0 Å². The normalized spacial score (nSPS) is 23.8. The molecular formula is C15H22BrClN2. The zero-order valence-electron chi connectivity index (χ0n) is 11.4. The third-order valence-electron chi connectivity index (χ3n) is 4.17. The summed E-state index contributed by atoms with van der Waals surface area (Å²) in [4.78, 5) is 2.44. The van der Waals surface area contributed by atoms with Gasteiger partial charge >= 0.3 is 0 Å². The van der Waals surface area contributed by atoms with Gasteiger partial charge in [-0.05, 0) is 56.1 Å². The van der Waals surface area contributed by atoms with Crippen molar-refractivity contribution in [2.24, 2.45) is 11.7 Å². The van der Waals surface area contributed by atoms with Gasteiger partial charge < -0.3 is 5.73 Å². The molecule has 0 aromatic heterocycles. The van der Waals surface area contributed by atoms with Gasteiger partial charge in [-0.1, -0.05) is 40.4 Å². The molecule has 1 saturated carbocycles. The SMILES string of the molecule is CN(Cc1cc(Cl)ccc1Br)C1CCCCC1CN. The summed E-state index contributed by atoms with van der Waals surface area (Å²) in [5.74, 6) is 0.636. The number of hydrogen-bond acceptors (Lipinski definition) is 2. The highest BCUT2D eigenvalue weighted by Gasteiger charge is 2.27. The van der Waals surface area contributed by atoms with Crippen molar-refractivity contribution >= 4 is 27.5 Å². The van der Waals surface area contributed by atoms with Crippen LogP contribution in [0.3, 0.4) is 0 Å². The summed E-state index contributed by atoms with van der Waals surface area (Å²) in [6.45, 7) is 1.72. The molecule has 0 radical (unpaired) electrons. The van der Waals surface area contributed by atoms with Crippen LogP contribution < -0.4 is 5.73 Å². The van der Waals surface area contributed by atoms with E-state index in [2.05, 4.69) is 27.9 Å². The average Bonchev–Trinajstić information content (AvgIpc) is 2.42. The maximum Gasteiger partial charge on any atom is 0.0410 e. The largest absolute Gasteiger partial charge is 0.330 e. The molecule has 2 unspecified atom stereocenters. The van der Waals surface area contributed by atoms with E-state index < -0.39 is 0 Å². The van der Waals surface area contributed by atoms with Gasteiger partial charge in [0.1, 0.15) is 0 Å². The fourth-order valence-corrected chi connectivity index (χ4v) is 3.66. The summed E-state index contributed by atoms with van der Waals surface area (Å²) in [6, 6.07) is 6.58. The van der Waals surface area contributed by atoms with Crippen LogP contribution in [0.2, 0.25) is 5.02 Å². The minimum Gasteiger partial charge on any atom is -0.330 e. The standard InChI is InChI=1S/C15H22BrClN2/c1-19(15-5-3-2-4-11(15)9-18)10-12-8-13(17)6-7-14(12)16/h6-8,11,15H,2-5,9-10,18H2,1H3. The quantitative estimate of drug-likeness (QED) is 0.892. The van der Waals surface area contributed by atoms with Crippen molar-refractivity contribution in [2.75, 3.05) is 13.6 Å². The molecule has 1 aromatic carbocycles. The average molecular weight is 346 g/mol. The van der Waals surface area contributed by atoms with E-state index >= 15 is 0 Å². The van der Waals surface area contributed by atoms with Gasteiger partial charge in [-0.15, -0.1) is 0 Å². The lowest BCUT2D eigenvalue weighted by Gasteiger charge is -2.37. The maximum absolute atomic E-state index is 6.08. The molecule has 0 spiro atoms. The van der Waals surface area contributed by atoms with Crippen LogP contribution in [0.25, 0.3) is 0 Å². The van der Waals surface area contributed by atoms with Crippen molar-refractivity contribution in [2.45, 2.75) is 38.3 Å².